The third-order valence-electron chi connectivity index (χ3n) is 5.33. The maximum Gasteiger partial charge on any atom is 0.335 e. The first-order valence-corrected chi connectivity index (χ1v) is 10.9. The lowest BCUT2D eigenvalue weighted by Gasteiger charge is -2.13. The maximum absolute atomic E-state index is 11.1. The largest absolute Gasteiger partial charge is 0.508 e. The monoisotopic (exact) mass is 448 g/mol. The number of aldehydes is 1. The fourth-order valence-corrected chi connectivity index (χ4v) is 3.63. The van der Waals surface area contributed by atoms with Gasteiger partial charge >= 0.3 is 5.97 Å². The Kier molecular flexibility index (Phi) is 8.47. The van der Waals surface area contributed by atoms with E-state index in [9.17, 15) is 14.7 Å². The summed E-state index contributed by atoms with van der Waals surface area (Å²) >= 11 is 0. The van der Waals surface area contributed by atoms with E-state index < -0.39 is 5.97 Å². The van der Waals surface area contributed by atoms with E-state index in [2.05, 4.69) is 6.58 Å². The van der Waals surface area contributed by atoms with Crippen molar-refractivity contribution in [2.24, 2.45) is 0 Å². The highest BCUT2D eigenvalue weighted by Gasteiger charge is 2.10. The standard InChI is InChI=1S/C27H28O6/c1-2-6-25-21(11-12-28)17-24(18-26(25)29)33-14-5-3-4-13-32-23-10-9-19-15-22(27(30)31)8-7-20(19)16-23/h2,7-10,12,15-18,29H,1,3-6,11,13-14H2,(H,30,31). The fourth-order valence-electron chi connectivity index (χ4n) is 3.63. The number of unbranched alkanes of at least 4 members (excludes halogenated alkanes) is 2. The molecule has 0 heterocycles. The number of rotatable bonds is 13. The van der Waals surface area contributed by atoms with Crippen molar-refractivity contribution in [3.63, 3.8) is 0 Å². The Bertz CT molecular complexity index is 1130. The number of hydrogen-bond donors (Lipinski definition) is 2. The van der Waals surface area contributed by atoms with Crippen molar-refractivity contribution in [3.05, 3.63) is 77.9 Å². The molecule has 0 unspecified atom stereocenters. The first-order valence-electron chi connectivity index (χ1n) is 10.9. The van der Waals surface area contributed by atoms with Crippen LogP contribution in [0.15, 0.2) is 61.2 Å². The van der Waals surface area contributed by atoms with E-state index in [0.29, 0.717) is 30.9 Å². The predicted octanol–water partition coefficient (Wildman–Crippen LogP) is 5.34. The van der Waals surface area contributed by atoms with Crippen molar-refractivity contribution >= 4 is 23.0 Å². The number of carboxylic acids is 1. The van der Waals surface area contributed by atoms with Crippen LogP contribution >= 0.6 is 0 Å². The minimum absolute atomic E-state index is 0.118. The van der Waals surface area contributed by atoms with Crippen LogP contribution < -0.4 is 9.47 Å². The minimum atomic E-state index is -0.941. The summed E-state index contributed by atoms with van der Waals surface area (Å²) in [4.78, 5) is 22.0. The number of allylic oxidation sites excluding steroid dienone is 1. The Morgan fingerprint density at radius 2 is 1.58 bits per heavy atom. The van der Waals surface area contributed by atoms with Gasteiger partial charge in [-0.15, -0.1) is 6.58 Å². The van der Waals surface area contributed by atoms with Crippen molar-refractivity contribution < 1.29 is 29.3 Å². The van der Waals surface area contributed by atoms with Crippen LogP contribution in [0, 0.1) is 0 Å². The quantitative estimate of drug-likeness (QED) is 0.208. The molecule has 0 aromatic heterocycles. The van der Waals surface area contributed by atoms with Gasteiger partial charge in [0.25, 0.3) is 0 Å². The Hall–Kier alpha value is -3.80. The topological polar surface area (TPSA) is 93.1 Å². The van der Waals surface area contributed by atoms with Crippen molar-refractivity contribution in [1.82, 2.24) is 0 Å². The number of ether oxygens (including phenoxy) is 2. The second kappa shape index (κ2) is 11.7. The summed E-state index contributed by atoms with van der Waals surface area (Å²) in [6.45, 7) is 4.76. The summed E-state index contributed by atoms with van der Waals surface area (Å²) in [5, 5.41) is 21.1. The smallest absolute Gasteiger partial charge is 0.335 e. The molecule has 0 atom stereocenters. The number of carbonyl (C=O) groups excluding carboxylic acids is 1. The van der Waals surface area contributed by atoms with E-state index in [-0.39, 0.29) is 17.7 Å². The maximum atomic E-state index is 11.1. The van der Waals surface area contributed by atoms with Crippen LogP contribution in [0.5, 0.6) is 17.2 Å². The van der Waals surface area contributed by atoms with Crippen LogP contribution in [0.2, 0.25) is 0 Å². The highest BCUT2D eigenvalue weighted by atomic mass is 16.5. The van der Waals surface area contributed by atoms with Crippen LogP contribution in [-0.4, -0.2) is 35.7 Å². The molecule has 0 aliphatic heterocycles. The molecule has 0 radical (unpaired) electrons. The van der Waals surface area contributed by atoms with Gasteiger partial charge in [0.15, 0.2) is 0 Å². The van der Waals surface area contributed by atoms with Crippen molar-refractivity contribution in [2.75, 3.05) is 13.2 Å². The van der Waals surface area contributed by atoms with Crippen LogP contribution in [0.3, 0.4) is 0 Å². The second-order valence-corrected chi connectivity index (χ2v) is 7.73. The normalized spacial score (nSPS) is 10.7. The number of aromatic hydroxyl groups is 1. The van der Waals surface area contributed by atoms with Gasteiger partial charge < -0.3 is 24.5 Å². The first-order chi connectivity index (χ1) is 16.0. The molecule has 0 spiro atoms. The van der Waals surface area contributed by atoms with Gasteiger partial charge in [0, 0.05) is 18.1 Å². The third-order valence-corrected chi connectivity index (χ3v) is 5.33. The lowest BCUT2D eigenvalue weighted by atomic mass is 10.0. The molecule has 0 amide bonds. The average Bonchev–Trinajstić information content (AvgIpc) is 2.80. The van der Waals surface area contributed by atoms with Crippen molar-refractivity contribution in [2.45, 2.75) is 32.1 Å². The van der Waals surface area contributed by atoms with Gasteiger partial charge in [-0.1, -0.05) is 18.2 Å². The van der Waals surface area contributed by atoms with E-state index in [1.54, 1.807) is 36.4 Å². The lowest BCUT2D eigenvalue weighted by molar-refractivity contribution is -0.107. The van der Waals surface area contributed by atoms with E-state index >= 15 is 0 Å². The molecular formula is C27H28O6. The molecule has 3 aromatic rings. The Balaban J connectivity index is 1.42. The summed E-state index contributed by atoms with van der Waals surface area (Å²) in [6, 6.07) is 14.0. The van der Waals surface area contributed by atoms with Crippen molar-refractivity contribution in [1.29, 1.82) is 0 Å². The zero-order valence-electron chi connectivity index (χ0n) is 18.5. The molecule has 2 N–H and O–H groups in total. The van der Waals surface area contributed by atoms with E-state index in [0.717, 1.165) is 47.6 Å². The number of phenolic OH excluding ortho intramolecular Hbond substituents is 1. The molecule has 3 rings (SSSR count). The van der Waals surface area contributed by atoms with Gasteiger partial charge in [-0.2, -0.15) is 0 Å². The molecule has 33 heavy (non-hydrogen) atoms. The molecule has 0 fully saturated rings. The summed E-state index contributed by atoms with van der Waals surface area (Å²) in [7, 11) is 0. The van der Waals surface area contributed by atoms with E-state index in [1.165, 1.54) is 0 Å². The van der Waals surface area contributed by atoms with E-state index in [1.807, 2.05) is 18.2 Å². The van der Waals surface area contributed by atoms with Crippen LogP contribution in [0.25, 0.3) is 10.8 Å². The van der Waals surface area contributed by atoms with Gasteiger partial charge in [0.2, 0.25) is 0 Å². The lowest BCUT2D eigenvalue weighted by Crippen LogP contribution is -2.02. The molecule has 6 nitrogen and oxygen atoms in total. The highest BCUT2D eigenvalue weighted by molar-refractivity contribution is 5.94. The number of benzene rings is 3. The molecule has 6 heteroatoms. The second-order valence-electron chi connectivity index (χ2n) is 7.73. The van der Waals surface area contributed by atoms with Crippen LogP contribution in [0.4, 0.5) is 0 Å². The van der Waals surface area contributed by atoms with Gasteiger partial charge in [-0.3, -0.25) is 0 Å². The molecule has 172 valence electrons. The van der Waals surface area contributed by atoms with E-state index in [4.69, 9.17) is 14.6 Å². The zero-order valence-corrected chi connectivity index (χ0v) is 18.5. The number of fused-ring (bicyclic) bond motifs is 1. The van der Waals surface area contributed by atoms with Gasteiger partial charge in [0.05, 0.1) is 18.8 Å². The summed E-state index contributed by atoms with van der Waals surface area (Å²) in [5.74, 6) is 0.478. The molecular weight excluding hydrogens is 420 g/mol. The number of carboxylic acid groups (broad SMARTS) is 1. The minimum Gasteiger partial charge on any atom is -0.508 e. The molecule has 0 bridgehead atoms. The fraction of sp³-hybridized carbons (Fsp3) is 0.259. The molecule has 0 saturated carbocycles. The van der Waals surface area contributed by atoms with Gasteiger partial charge in [-0.25, -0.2) is 4.79 Å². The number of phenols is 1. The Morgan fingerprint density at radius 3 is 2.27 bits per heavy atom. The highest BCUT2D eigenvalue weighted by Crippen LogP contribution is 2.29. The van der Waals surface area contributed by atoms with Crippen LogP contribution in [-0.2, 0) is 17.6 Å². The average molecular weight is 449 g/mol. The number of hydrogen-bond acceptors (Lipinski definition) is 5. The van der Waals surface area contributed by atoms with Crippen molar-refractivity contribution in [3.8, 4) is 17.2 Å². The summed E-state index contributed by atoms with van der Waals surface area (Å²) in [6.07, 6.45) is 5.83. The number of aromatic carboxylic acids is 1. The summed E-state index contributed by atoms with van der Waals surface area (Å²) < 4.78 is 11.6. The third kappa shape index (κ3) is 6.59. The Morgan fingerprint density at radius 1 is 0.879 bits per heavy atom. The number of carbonyl (C=O) groups is 2. The Labute approximate surface area is 193 Å². The molecule has 0 aliphatic rings. The SMILES string of the molecule is C=CCc1c(O)cc(OCCCCCOc2ccc3cc(C(=O)O)ccc3c2)cc1CC=O. The zero-order chi connectivity index (χ0) is 23.6. The summed E-state index contributed by atoms with van der Waals surface area (Å²) in [5.41, 5.74) is 1.72. The molecule has 0 saturated heterocycles. The van der Waals surface area contributed by atoms with Crippen LogP contribution in [0.1, 0.15) is 40.7 Å². The molecule has 0 aliphatic carbocycles. The van der Waals surface area contributed by atoms with Gasteiger partial charge in [0.1, 0.15) is 23.5 Å². The van der Waals surface area contributed by atoms with Gasteiger partial charge in [-0.05, 0) is 72.4 Å². The predicted molar refractivity (Wildman–Crippen MR) is 128 cm³/mol. The molecule has 3 aromatic carbocycles. The first kappa shape index (κ1) is 23.9.